The van der Waals surface area contributed by atoms with Gasteiger partial charge < -0.3 is 5.11 Å². The fourth-order valence-electron chi connectivity index (χ4n) is 2.88. The molecule has 0 saturated heterocycles. The molecule has 0 amide bonds. The molecule has 0 bridgehead atoms. The number of aliphatic hydroxyl groups is 1. The zero-order chi connectivity index (χ0) is 20.3. The SMILES string of the molecule is OC(CSc1n[nH]c(-c2ccccc2)n1)(Cn1cncn1)c1ccc(Cl)cc1Cl. The summed E-state index contributed by atoms with van der Waals surface area (Å²) < 4.78 is 1.55. The summed E-state index contributed by atoms with van der Waals surface area (Å²) in [4.78, 5) is 8.45. The first-order chi connectivity index (χ1) is 14.0. The lowest BCUT2D eigenvalue weighted by Gasteiger charge is -2.28. The van der Waals surface area contributed by atoms with Crippen molar-refractivity contribution in [3.8, 4) is 11.4 Å². The highest BCUT2D eigenvalue weighted by Gasteiger charge is 2.33. The van der Waals surface area contributed by atoms with Crippen LogP contribution in [-0.2, 0) is 12.1 Å². The van der Waals surface area contributed by atoms with Crippen molar-refractivity contribution in [2.75, 3.05) is 5.75 Å². The Labute approximate surface area is 181 Å². The molecule has 1 unspecified atom stereocenters. The Morgan fingerprint density at radius 3 is 2.69 bits per heavy atom. The zero-order valence-corrected chi connectivity index (χ0v) is 17.4. The molecule has 2 N–H and O–H groups in total. The van der Waals surface area contributed by atoms with Crippen LogP contribution in [0.15, 0.2) is 66.3 Å². The van der Waals surface area contributed by atoms with Gasteiger partial charge in [0.05, 0.1) is 6.54 Å². The van der Waals surface area contributed by atoms with Crippen molar-refractivity contribution in [1.82, 2.24) is 29.9 Å². The zero-order valence-electron chi connectivity index (χ0n) is 15.0. The molecule has 0 saturated carbocycles. The summed E-state index contributed by atoms with van der Waals surface area (Å²) in [5.74, 6) is 0.915. The van der Waals surface area contributed by atoms with Crippen LogP contribution < -0.4 is 0 Å². The highest BCUT2D eigenvalue weighted by molar-refractivity contribution is 7.99. The van der Waals surface area contributed by atoms with Crippen molar-refractivity contribution in [1.29, 1.82) is 0 Å². The van der Waals surface area contributed by atoms with Crippen molar-refractivity contribution in [3.05, 3.63) is 76.8 Å². The van der Waals surface area contributed by atoms with Gasteiger partial charge in [0.15, 0.2) is 5.82 Å². The minimum absolute atomic E-state index is 0.164. The van der Waals surface area contributed by atoms with Gasteiger partial charge in [0.2, 0.25) is 5.16 Å². The van der Waals surface area contributed by atoms with Gasteiger partial charge in [-0.2, -0.15) is 5.10 Å². The van der Waals surface area contributed by atoms with Crippen LogP contribution in [0.2, 0.25) is 10.0 Å². The lowest BCUT2D eigenvalue weighted by molar-refractivity contribution is 0.0397. The number of nitrogens with one attached hydrogen (secondary N) is 1. The number of rotatable bonds is 7. The molecule has 0 aliphatic heterocycles. The minimum Gasteiger partial charge on any atom is -0.382 e. The first-order valence-corrected chi connectivity index (χ1v) is 10.4. The van der Waals surface area contributed by atoms with E-state index >= 15 is 0 Å². The monoisotopic (exact) mass is 446 g/mol. The van der Waals surface area contributed by atoms with Crippen molar-refractivity contribution < 1.29 is 5.11 Å². The summed E-state index contributed by atoms with van der Waals surface area (Å²) in [7, 11) is 0. The van der Waals surface area contributed by atoms with Crippen molar-refractivity contribution in [2.24, 2.45) is 0 Å². The van der Waals surface area contributed by atoms with Gasteiger partial charge in [-0.05, 0) is 12.1 Å². The molecular weight excluding hydrogens is 431 g/mol. The molecule has 4 rings (SSSR count). The van der Waals surface area contributed by atoms with Gasteiger partial charge in [-0.25, -0.2) is 14.6 Å². The van der Waals surface area contributed by atoms with Crippen molar-refractivity contribution >= 4 is 35.0 Å². The smallest absolute Gasteiger partial charge is 0.208 e. The van der Waals surface area contributed by atoms with Crippen LogP contribution in [0.1, 0.15) is 5.56 Å². The molecule has 7 nitrogen and oxygen atoms in total. The van der Waals surface area contributed by atoms with Gasteiger partial charge in [-0.1, -0.05) is 71.4 Å². The van der Waals surface area contributed by atoms with Gasteiger partial charge in [-0.15, -0.1) is 5.10 Å². The maximum Gasteiger partial charge on any atom is 0.208 e. The van der Waals surface area contributed by atoms with E-state index in [2.05, 4.69) is 25.3 Å². The number of halogens is 2. The summed E-state index contributed by atoms with van der Waals surface area (Å²) in [5, 5.41) is 24.2. The quantitative estimate of drug-likeness (QED) is 0.416. The van der Waals surface area contributed by atoms with Gasteiger partial charge in [0.25, 0.3) is 0 Å². The highest BCUT2D eigenvalue weighted by atomic mass is 35.5. The third-order valence-corrected chi connectivity index (χ3v) is 5.89. The predicted octanol–water partition coefficient (Wildman–Crippen LogP) is 4.05. The Morgan fingerprint density at radius 2 is 1.97 bits per heavy atom. The van der Waals surface area contributed by atoms with Crippen molar-refractivity contribution in [2.45, 2.75) is 17.3 Å². The lowest BCUT2D eigenvalue weighted by Crippen LogP contribution is -2.35. The van der Waals surface area contributed by atoms with Crippen LogP contribution in [0, 0.1) is 0 Å². The highest BCUT2D eigenvalue weighted by Crippen LogP contribution is 2.35. The van der Waals surface area contributed by atoms with Crippen LogP contribution in [-0.4, -0.2) is 40.8 Å². The number of hydrogen-bond acceptors (Lipinski definition) is 6. The standard InChI is InChI=1S/C19H16Cl2N6OS/c20-14-6-7-15(16(21)8-14)19(28,9-27-12-22-11-23-27)10-29-18-24-17(25-26-18)13-4-2-1-3-5-13/h1-8,11-12,28H,9-10H2,(H,24,25,26). The topological polar surface area (TPSA) is 92.5 Å². The molecule has 0 aliphatic carbocycles. The summed E-state index contributed by atoms with van der Waals surface area (Å²) in [5.41, 5.74) is 0.143. The van der Waals surface area contributed by atoms with Gasteiger partial charge >= 0.3 is 0 Å². The molecule has 1 atom stereocenters. The van der Waals surface area contributed by atoms with Crippen LogP contribution in [0.5, 0.6) is 0 Å². The van der Waals surface area contributed by atoms with Crippen LogP contribution in [0.4, 0.5) is 0 Å². The minimum atomic E-state index is -1.34. The summed E-state index contributed by atoms with van der Waals surface area (Å²) in [6.07, 6.45) is 2.96. The molecule has 0 spiro atoms. The Hall–Kier alpha value is -2.39. The molecule has 2 heterocycles. The maximum absolute atomic E-state index is 11.5. The summed E-state index contributed by atoms with van der Waals surface area (Å²) >= 11 is 13.7. The molecule has 2 aromatic carbocycles. The number of thioether (sulfide) groups is 1. The van der Waals surface area contributed by atoms with Crippen molar-refractivity contribution in [3.63, 3.8) is 0 Å². The second-order valence-corrected chi connectivity index (χ2v) is 8.16. The molecule has 2 aromatic heterocycles. The van der Waals surface area contributed by atoms with E-state index in [0.29, 0.717) is 26.6 Å². The van der Waals surface area contributed by atoms with Gasteiger partial charge in [0.1, 0.15) is 18.3 Å². The largest absolute Gasteiger partial charge is 0.382 e. The molecule has 148 valence electrons. The normalized spacial score (nSPS) is 13.3. The Bertz CT molecular complexity index is 1090. The number of hydrogen-bond donors (Lipinski definition) is 2. The third-order valence-electron chi connectivity index (χ3n) is 4.27. The Morgan fingerprint density at radius 1 is 1.14 bits per heavy atom. The second-order valence-electron chi connectivity index (χ2n) is 6.37. The molecule has 29 heavy (non-hydrogen) atoms. The molecule has 0 aliphatic rings. The van der Waals surface area contributed by atoms with E-state index in [1.807, 2.05) is 30.3 Å². The fraction of sp³-hybridized carbons (Fsp3) is 0.158. The summed E-state index contributed by atoms with van der Waals surface area (Å²) in [6.45, 7) is 0.164. The lowest BCUT2D eigenvalue weighted by atomic mass is 9.95. The number of aromatic amines is 1. The van der Waals surface area contributed by atoms with Crippen LogP contribution in [0.25, 0.3) is 11.4 Å². The molecular formula is C19H16Cl2N6OS. The predicted molar refractivity (Wildman–Crippen MR) is 113 cm³/mol. The molecule has 10 heteroatoms. The number of aromatic nitrogens is 6. The van der Waals surface area contributed by atoms with E-state index in [1.54, 1.807) is 29.2 Å². The summed E-state index contributed by atoms with van der Waals surface area (Å²) in [6, 6.07) is 14.7. The maximum atomic E-state index is 11.5. The fourth-order valence-corrected chi connectivity index (χ4v) is 4.34. The average Bonchev–Trinajstić information content (AvgIpc) is 3.39. The average molecular weight is 447 g/mol. The molecule has 4 aromatic rings. The number of benzene rings is 2. The van der Waals surface area contributed by atoms with Crippen LogP contribution >= 0.6 is 35.0 Å². The second kappa shape index (κ2) is 8.54. The third kappa shape index (κ3) is 4.62. The molecule has 0 fully saturated rings. The van der Waals surface area contributed by atoms with Crippen LogP contribution in [0.3, 0.4) is 0 Å². The number of nitrogens with zero attached hydrogens (tertiary/aromatic N) is 5. The molecule has 0 radical (unpaired) electrons. The van der Waals surface area contributed by atoms with E-state index in [1.165, 1.54) is 18.1 Å². The first-order valence-electron chi connectivity index (χ1n) is 8.64. The van der Waals surface area contributed by atoms with E-state index in [9.17, 15) is 5.11 Å². The van der Waals surface area contributed by atoms with E-state index in [4.69, 9.17) is 23.2 Å². The first kappa shape index (κ1) is 19.9. The van der Waals surface area contributed by atoms with Gasteiger partial charge in [0, 0.05) is 26.9 Å². The van der Waals surface area contributed by atoms with E-state index < -0.39 is 5.60 Å². The number of H-pyrrole nitrogens is 1. The van der Waals surface area contributed by atoms with E-state index in [-0.39, 0.29) is 12.3 Å². The Balaban J connectivity index is 1.58. The van der Waals surface area contributed by atoms with Gasteiger partial charge in [-0.3, -0.25) is 5.10 Å². The van der Waals surface area contributed by atoms with E-state index in [0.717, 1.165) is 5.56 Å². The Kier molecular flexibility index (Phi) is 5.86.